The molecule has 0 heterocycles. The zero-order valence-electron chi connectivity index (χ0n) is 11.9. The Balaban J connectivity index is 3.25. The summed E-state index contributed by atoms with van der Waals surface area (Å²) in [6.45, 7) is 14.5. The van der Waals surface area contributed by atoms with Crippen molar-refractivity contribution in [2.24, 2.45) is 0 Å². The van der Waals surface area contributed by atoms with Gasteiger partial charge in [0.2, 0.25) is 0 Å². The fraction of sp³-hybridized carbons (Fsp3) is 0.438. The molecule has 0 radical (unpaired) electrons. The number of hydrogen-bond donors (Lipinski definition) is 1. The van der Waals surface area contributed by atoms with Gasteiger partial charge in [-0.1, -0.05) is 39.5 Å². The highest BCUT2D eigenvalue weighted by Gasteiger charge is 2.17. The summed E-state index contributed by atoms with van der Waals surface area (Å²) in [4.78, 5) is 10.8. The van der Waals surface area contributed by atoms with Crippen LogP contribution in [0.5, 0.6) is 0 Å². The van der Waals surface area contributed by atoms with Crippen LogP contribution in [0.15, 0.2) is 18.7 Å². The second-order valence-electron chi connectivity index (χ2n) is 5.91. The molecule has 0 aliphatic carbocycles. The fourth-order valence-corrected chi connectivity index (χ4v) is 2.23. The number of carboxylic acid groups (broad SMARTS) is 1. The molecule has 0 amide bonds. The second-order valence-corrected chi connectivity index (χ2v) is 5.91. The number of carbonyl (C=O) groups is 1. The van der Waals surface area contributed by atoms with Crippen LogP contribution in [-0.4, -0.2) is 11.1 Å². The molecule has 1 aromatic carbocycles. The van der Waals surface area contributed by atoms with Gasteiger partial charge in [0.15, 0.2) is 0 Å². The fourth-order valence-electron chi connectivity index (χ4n) is 2.23. The van der Waals surface area contributed by atoms with Gasteiger partial charge in [0.25, 0.3) is 0 Å². The summed E-state index contributed by atoms with van der Waals surface area (Å²) < 4.78 is 0. The van der Waals surface area contributed by atoms with E-state index in [2.05, 4.69) is 39.5 Å². The number of carboxylic acids is 1. The first-order valence-electron chi connectivity index (χ1n) is 6.14. The molecular formula is C16H22O2. The summed E-state index contributed by atoms with van der Waals surface area (Å²) in [5.74, 6) is -0.835. The van der Waals surface area contributed by atoms with E-state index in [0.29, 0.717) is 5.57 Å². The molecule has 0 spiro atoms. The lowest BCUT2D eigenvalue weighted by Crippen LogP contribution is -2.12. The highest BCUT2D eigenvalue weighted by atomic mass is 16.4. The minimum absolute atomic E-state index is 0.00343. The largest absolute Gasteiger partial charge is 0.481 e. The third-order valence-electron chi connectivity index (χ3n) is 3.12. The van der Waals surface area contributed by atoms with Crippen molar-refractivity contribution < 1.29 is 9.90 Å². The third-order valence-corrected chi connectivity index (χ3v) is 3.12. The number of aliphatic carboxylic acids is 1. The van der Waals surface area contributed by atoms with E-state index in [4.69, 9.17) is 5.11 Å². The lowest BCUT2D eigenvalue weighted by atomic mass is 9.82. The molecular weight excluding hydrogens is 224 g/mol. The normalized spacial score (nSPS) is 11.4. The molecule has 1 rings (SSSR count). The monoisotopic (exact) mass is 246 g/mol. The van der Waals surface area contributed by atoms with Gasteiger partial charge >= 0.3 is 5.97 Å². The Morgan fingerprint density at radius 3 is 2.00 bits per heavy atom. The molecule has 18 heavy (non-hydrogen) atoms. The van der Waals surface area contributed by atoms with Crippen molar-refractivity contribution in [3.63, 3.8) is 0 Å². The van der Waals surface area contributed by atoms with Crippen LogP contribution in [0, 0.1) is 13.8 Å². The van der Waals surface area contributed by atoms with E-state index in [0.717, 1.165) is 16.7 Å². The van der Waals surface area contributed by atoms with Gasteiger partial charge in [0.05, 0.1) is 6.42 Å². The van der Waals surface area contributed by atoms with Gasteiger partial charge in [0.1, 0.15) is 0 Å². The summed E-state index contributed by atoms with van der Waals surface area (Å²) in [7, 11) is 0. The maximum absolute atomic E-state index is 10.8. The van der Waals surface area contributed by atoms with E-state index in [1.165, 1.54) is 5.56 Å². The molecule has 0 atom stereocenters. The average Bonchev–Trinajstić information content (AvgIpc) is 2.13. The van der Waals surface area contributed by atoms with Gasteiger partial charge < -0.3 is 5.11 Å². The molecule has 0 unspecified atom stereocenters. The Kier molecular flexibility index (Phi) is 4.00. The van der Waals surface area contributed by atoms with Gasteiger partial charge in [-0.3, -0.25) is 4.79 Å². The number of rotatable bonds is 3. The van der Waals surface area contributed by atoms with Crippen LogP contribution in [0.1, 0.15) is 49.4 Å². The van der Waals surface area contributed by atoms with Crippen molar-refractivity contribution >= 4 is 11.5 Å². The van der Waals surface area contributed by atoms with Gasteiger partial charge in [-0.15, -0.1) is 0 Å². The molecule has 0 fully saturated rings. The zero-order chi connectivity index (χ0) is 14.1. The molecule has 98 valence electrons. The molecule has 0 aliphatic rings. The maximum atomic E-state index is 10.8. The van der Waals surface area contributed by atoms with Crippen LogP contribution in [0.4, 0.5) is 0 Å². The Morgan fingerprint density at radius 1 is 1.22 bits per heavy atom. The van der Waals surface area contributed by atoms with Gasteiger partial charge in [-0.05, 0) is 47.1 Å². The smallest absolute Gasteiger partial charge is 0.307 e. The molecule has 1 aromatic rings. The van der Waals surface area contributed by atoms with Gasteiger partial charge in [-0.25, -0.2) is 0 Å². The Morgan fingerprint density at radius 2 is 1.67 bits per heavy atom. The summed E-state index contributed by atoms with van der Waals surface area (Å²) >= 11 is 0. The molecule has 1 N–H and O–H groups in total. The first-order valence-corrected chi connectivity index (χ1v) is 6.14. The van der Waals surface area contributed by atoms with Crippen molar-refractivity contribution in [1.29, 1.82) is 0 Å². The third kappa shape index (κ3) is 3.22. The van der Waals surface area contributed by atoms with E-state index in [-0.39, 0.29) is 11.8 Å². The van der Waals surface area contributed by atoms with Crippen LogP contribution < -0.4 is 0 Å². The van der Waals surface area contributed by atoms with Gasteiger partial charge in [-0.2, -0.15) is 0 Å². The highest BCUT2D eigenvalue weighted by Crippen LogP contribution is 2.30. The SMILES string of the molecule is C=C(CC(=O)O)c1c(C)cc(C(C)(C)C)cc1C. The summed E-state index contributed by atoms with van der Waals surface area (Å²) in [6, 6.07) is 4.27. The predicted molar refractivity (Wildman–Crippen MR) is 75.9 cm³/mol. The van der Waals surface area contributed by atoms with Crippen LogP contribution in [-0.2, 0) is 10.2 Å². The first-order chi connectivity index (χ1) is 8.12. The van der Waals surface area contributed by atoms with Crippen molar-refractivity contribution in [2.45, 2.75) is 46.5 Å². The van der Waals surface area contributed by atoms with Crippen molar-refractivity contribution in [2.75, 3.05) is 0 Å². The van der Waals surface area contributed by atoms with Crippen molar-refractivity contribution in [3.05, 3.63) is 41.0 Å². The predicted octanol–water partition coefficient (Wildman–Crippen LogP) is 4.09. The van der Waals surface area contributed by atoms with E-state index in [9.17, 15) is 4.79 Å². The first kappa shape index (κ1) is 14.5. The quantitative estimate of drug-likeness (QED) is 0.872. The lowest BCUT2D eigenvalue weighted by molar-refractivity contribution is -0.135. The molecule has 0 aliphatic heterocycles. The number of hydrogen-bond acceptors (Lipinski definition) is 1. The maximum Gasteiger partial charge on any atom is 0.307 e. The molecule has 0 saturated heterocycles. The van der Waals surface area contributed by atoms with Crippen LogP contribution in [0.25, 0.3) is 5.57 Å². The lowest BCUT2D eigenvalue weighted by Gasteiger charge is -2.22. The minimum Gasteiger partial charge on any atom is -0.481 e. The van der Waals surface area contributed by atoms with E-state index in [1.54, 1.807) is 0 Å². The van der Waals surface area contributed by atoms with E-state index in [1.807, 2.05) is 13.8 Å². The molecule has 2 nitrogen and oxygen atoms in total. The molecule has 0 aromatic heterocycles. The standard InChI is InChI=1S/C16H22O2/c1-10-7-13(16(4,5)6)8-11(2)15(10)12(3)9-14(17)18/h7-8H,3,9H2,1-2,4-6H3,(H,17,18). The Labute approximate surface area is 109 Å². The minimum atomic E-state index is -0.835. The molecule has 0 bridgehead atoms. The van der Waals surface area contributed by atoms with Crippen LogP contribution in [0.2, 0.25) is 0 Å². The number of benzene rings is 1. The Bertz CT molecular complexity index is 467. The summed E-state index contributed by atoms with van der Waals surface area (Å²) in [5, 5.41) is 8.85. The molecule has 2 heteroatoms. The van der Waals surface area contributed by atoms with E-state index < -0.39 is 5.97 Å². The van der Waals surface area contributed by atoms with Gasteiger partial charge in [0, 0.05) is 0 Å². The van der Waals surface area contributed by atoms with E-state index >= 15 is 0 Å². The summed E-state index contributed by atoms with van der Waals surface area (Å²) in [5.41, 5.74) is 5.24. The van der Waals surface area contributed by atoms with Crippen LogP contribution in [0.3, 0.4) is 0 Å². The topological polar surface area (TPSA) is 37.3 Å². The second kappa shape index (κ2) is 4.97. The Hall–Kier alpha value is -1.57. The number of aryl methyl sites for hydroxylation is 2. The van der Waals surface area contributed by atoms with Crippen LogP contribution >= 0.6 is 0 Å². The van der Waals surface area contributed by atoms with Crippen molar-refractivity contribution in [1.82, 2.24) is 0 Å². The molecule has 0 saturated carbocycles. The summed E-state index contributed by atoms with van der Waals surface area (Å²) in [6.07, 6.45) is -0.00343. The average molecular weight is 246 g/mol. The zero-order valence-corrected chi connectivity index (χ0v) is 11.9. The highest BCUT2D eigenvalue weighted by molar-refractivity contribution is 5.84. The van der Waals surface area contributed by atoms with Crippen molar-refractivity contribution in [3.8, 4) is 0 Å².